The molecule has 0 bridgehead atoms. The van der Waals surface area contributed by atoms with Crippen molar-refractivity contribution >= 4 is 11.6 Å². The summed E-state index contributed by atoms with van der Waals surface area (Å²) in [6.45, 7) is 4.87. The number of ether oxygens (including phenoxy) is 1. The van der Waals surface area contributed by atoms with E-state index in [2.05, 4.69) is 18.8 Å². The molecule has 0 aliphatic heterocycles. The topological polar surface area (TPSA) is 45.9 Å². The number of allylic oxidation sites excluding steroid dienone is 1. The Labute approximate surface area is 150 Å². The third-order valence-electron chi connectivity index (χ3n) is 3.64. The van der Waals surface area contributed by atoms with Crippen LogP contribution in [0.4, 0.5) is 13.2 Å². The van der Waals surface area contributed by atoms with E-state index >= 15 is 0 Å². The van der Waals surface area contributed by atoms with Crippen molar-refractivity contribution in [2.75, 3.05) is 6.61 Å². The van der Waals surface area contributed by atoms with Crippen LogP contribution in [0.15, 0.2) is 42.6 Å². The van der Waals surface area contributed by atoms with Gasteiger partial charge in [0, 0.05) is 6.20 Å². The van der Waals surface area contributed by atoms with Crippen molar-refractivity contribution in [3.8, 4) is 11.8 Å². The molecule has 0 amide bonds. The largest absolute Gasteiger partial charge is 0.494 e. The van der Waals surface area contributed by atoms with Gasteiger partial charge in [0.2, 0.25) is 0 Å². The highest BCUT2D eigenvalue weighted by Crippen LogP contribution is 2.29. The molecule has 0 N–H and O–H groups in total. The number of hydrogen-bond donors (Lipinski definition) is 0. The Balaban J connectivity index is 2.12. The van der Waals surface area contributed by atoms with Crippen molar-refractivity contribution in [1.82, 2.24) is 4.98 Å². The first-order valence-corrected chi connectivity index (χ1v) is 8.18. The lowest BCUT2D eigenvalue weighted by Crippen LogP contribution is -2.05. The van der Waals surface area contributed by atoms with Crippen LogP contribution in [-0.4, -0.2) is 11.6 Å². The highest BCUT2D eigenvalue weighted by Gasteiger charge is 2.30. The van der Waals surface area contributed by atoms with E-state index in [0.29, 0.717) is 12.5 Å². The lowest BCUT2D eigenvalue weighted by molar-refractivity contribution is -0.137. The van der Waals surface area contributed by atoms with Crippen LogP contribution in [0.2, 0.25) is 0 Å². The molecule has 136 valence electrons. The summed E-state index contributed by atoms with van der Waals surface area (Å²) >= 11 is 0. The molecule has 0 aliphatic rings. The van der Waals surface area contributed by atoms with Crippen LogP contribution < -0.4 is 4.74 Å². The van der Waals surface area contributed by atoms with Gasteiger partial charge in [0.05, 0.1) is 23.4 Å². The molecule has 0 saturated heterocycles. The zero-order chi connectivity index (χ0) is 19.2. The summed E-state index contributed by atoms with van der Waals surface area (Å²) in [6, 6.07) is 11.2. The van der Waals surface area contributed by atoms with Crippen molar-refractivity contribution in [1.29, 1.82) is 5.26 Å². The van der Waals surface area contributed by atoms with Gasteiger partial charge >= 0.3 is 6.18 Å². The van der Waals surface area contributed by atoms with Crippen molar-refractivity contribution in [2.24, 2.45) is 5.92 Å². The van der Waals surface area contributed by atoms with Crippen molar-refractivity contribution in [3.05, 3.63) is 59.4 Å². The molecule has 0 atom stereocenters. The van der Waals surface area contributed by atoms with E-state index in [1.54, 1.807) is 30.3 Å². The molecule has 0 fully saturated rings. The first-order valence-electron chi connectivity index (χ1n) is 8.18. The molecule has 0 saturated carbocycles. The van der Waals surface area contributed by atoms with Gasteiger partial charge in [-0.3, -0.25) is 4.98 Å². The fraction of sp³-hybridized carbons (Fsp3) is 0.300. The van der Waals surface area contributed by atoms with Gasteiger partial charge in [-0.15, -0.1) is 0 Å². The predicted molar refractivity (Wildman–Crippen MR) is 94.1 cm³/mol. The number of rotatable bonds is 6. The third kappa shape index (κ3) is 5.62. The molecule has 26 heavy (non-hydrogen) atoms. The number of alkyl halides is 3. The number of benzene rings is 1. The summed E-state index contributed by atoms with van der Waals surface area (Å²) in [5, 5.41) is 9.29. The molecule has 1 aromatic heterocycles. The molecule has 0 radical (unpaired) electrons. The summed E-state index contributed by atoms with van der Waals surface area (Å²) < 4.78 is 43.4. The van der Waals surface area contributed by atoms with Gasteiger partial charge in [0.1, 0.15) is 11.8 Å². The second-order valence-corrected chi connectivity index (χ2v) is 6.20. The first-order chi connectivity index (χ1) is 12.3. The molecule has 6 heteroatoms. The van der Waals surface area contributed by atoms with E-state index in [1.165, 1.54) is 6.07 Å². The summed E-state index contributed by atoms with van der Waals surface area (Å²) in [6.07, 6.45) is -1.19. The zero-order valence-corrected chi connectivity index (χ0v) is 14.5. The molecule has 2 rings (SSSR count). The predicted octanol–water partition coefficient (Wildman–Crippen LogP) is 5.59. The molecule has 0 aliphatic carbocycles. The quantitative estimate of drug-likeness (QED) is 0.631. The highest BCUT2D eigenvalue weighted by molar-refractivity contribution is 5.88. The van der Waals surface area contributed by atoms with Gasteiger partial charge in [0.15, 0.2) is 0 Å². The number of halogens is 3. The minimum absolute atomic E-state index is 0.187. The maximum absolute atomic E-state index is 12.6. The van der Waals surface area contributed by atoms with Crippen LogP contribution in [0, 0.1) is 17.2 Å². The molecule has 0 spiro atoms. The van der Waals surface area contributed by atoms with E-state index in [1.807, 2.05) is 6.07 Å². The Morgan fingerprint density at radius 2 is 1.88 bits per heavy atom. The normalized spacial score (nSPS) is 12.1. The lowest BCUT2D eigenvalue weighted by atomic mass is 10.1. The number of nitriles is 1. The summed E-state index contributed by atoms with van der Waals surface area (Å²) in [4.78, 5) is 3.75. The second-order valence-electron chi connectivity index (χ2n) is 6.20. The van der Waals surface area contributed by atoms with Crippen LogP contribution in [-0.2, 0) is 6.18 Å². The third-order valence-corrected chi connectivity index (χ3v) is 3.64. The molecule has 3 nitrogen and oxygen atoms in total. The van der Waals surface area contributed by atoms with Crippen LogP contribution in [0.5, 0.6) is 5.75 Å². The highest BCUT2D eigenvalue weighted by atomic mass is 19.4. The maximum Gasteiger partial charge on any atom is 0.417 e. The fourth-order valence-electron chi connectivity index (χ4n) is 2.12. The van der Waals surface area contributed by atoms with Gasteiger partial charge < -0.3 is 4.74 Å². The number of nitrogens with zero attached hydrogens (tertiary/aromatic N) is 2. The average Bonchev–Trinajstić information content (AvgIpc) is 2.60. The molecular weight excluding hydrogens is 341 g/mol. The van der Waals surface area contributed by atoms with Gasteiger partial charge in [-0.05, 0) is 48.2 Å². The summed E-state index contributed by atoms with van der Waals surface area (Å²) in [5.74, 6) is 1.29. The van der Waals surface area contributed by atoms with Gasteiger partial charge in [-0.1, -0.05) is 26.0 Å². The minimum Gasteiger partial charge on any atom is -0.494 e. The summed E-state index contributed by atoms with van der Waals surface area (Å²) in [5.41, 5.74) is 0.269. The molecule has 2 aromatic rings. The van der Waals surface area contributed by atoms with Crippen LogP contribution in [0.3, 0.4) is 0 Å². The zero-order valence-electron chi connectivity index (χ0n) is 14.5. The Kier molecular flexibility index (Phi) is 6.40. The van der Waals surface area contributed by atoms with Gasteiger partial charge in [0.25, 0.3) is 0 Å². The van der Waals surface area contributed by atoms with Crippen molar-refractivity contribution < 1.29 is 17.9 Å². The van der Waals surface area contributed by atoms with E-state index < -0.39 is 11.7 Å². The fourth-order valence-corrected chi connectivity index (χ4v) is 2.12. The maximum atomic E-state index is 12.6. The molecule has 1 heterocycles. The smallest absolute Gasteiger partial charge is 0.417 e. The van der Waals surface area contributed by atoms with Crippen molar-refractivity contribution in [2.45, 2.75) is 26.4 Å². The second kappa shape index (κ2) is 8.52. The molecule has 0 unspecified atom stereocenters. The molecule has 1 aromatic carbocycles. The van der Waals surface area contributed by atoms with Crippen LogP contribution in [0.1, 0.15) is 37.1 Å². The van der Waals surface area contributed by atoms with Crippen LogP contribution >= 0.6 is 0 Å². The number of hydrogen-bond acceptors (Lipinski definition) is 3. The Morgan fingerprint density at radius 3 is 2.38 bits per heavy atom. The Bertz CT molecular complexity index is 786. The first kappa shape index (κ1) is 19.5. The SMILES string of the molecule is CC(C)CCOc1ccc(/C=C(\C#N)c2ccc(C(F)(F)F)cn2)cc1. The summed E-state index contributed by atoms with van der Waals surface area (Å²) in [7, 11) is 0. The van der Waals surface area contributed by atoms with E-state index in [4.69, 9.17) is 4.74 Å². The standard InChI is InChI=1S/C20H19F3N2O/c1-14(2)9-10-26-18-6-3-15(4-7-18)11-16(12-24)19-8-5-17(13-25-19)20(21,22)23/h3-8,11,13-14H,9-10H2,1-2H3/b16-11+. The van der Waals surface area contributed by atoms with E-state index in [0.717, 1.165) is 30.0 Å². The van der Waals surface area contributed by atoms with E-state index in [9.17, 15) is 18.4 Å². The monoisotopic (exact) mass is 360 g/mol. The van der Waals surface area contributed by atoms with Gasteiger partial charge in [-0.25, -0.2) is 0 Å². The number of pyridine rings is 1. The molecular formula is C20H19F3N2O. The minimum atomic E-state index is -4.45. The van der Waals surface area contributed by atoms with E-state index in [-0.39, 0.29) is 11.3 Å². The lowest BCUT2D eigenvalue weighted by Gasteiger charge is -2.08. The van der Waals surface area contributed by atoms with Crippen LogP contribution in [0.25, 0.3) is 11.6 Å². The number of aromatic nitrogens is 1. The Hall–Kier alpha value is -2.81. The van der Waals surface area contributed by atoms with Gasteiger partial charge in [-0.2, -0.15) is 18.4 Å². The average molecular weight is 360 g/mol. The Morgan fingerprint density at radius 1 is 1.19 bits per heavy atom. The van der Waals surface area contributed by atoms with Crippen molar-refractivity contribution in [3.63, 3.8) is 0 Å².